The number of hydrogen-bond donors (Lipinski definition) is 2. The first kappa shape index (κ1) is 13.3. The van der Waals surface area contributed by atoms with Crippen LogP contribution in [0.15, 0.2) is 0 Å². The Balaban J connectivity index is 2.13. The molecule has 0 aromatic carbocycles. The molecular weight excluding hydrogens is 230 g/mol. The predicted molar refractivity (Wildman–Crippen MR) is 69.0 cm³/mol. The van der Waals surface area contributed by atoms with E-state index in [1.165, 1.54) is 0 Å². The molecule has 102 valence electrons. The number of amides is 2. The van der Waals surface area contributed by atoms with Gasteiger partial charge in [0.2, 0.25) is 11.8 Å². The largest absolute Gasteiger partial charge is 0.357 e. The second-order valence-corrected chi connectivity index (χ2v) is 5.60. The Labute approximate surface area is 108 Å². The number of likely N-dealkylation sites (N-methyl/N-ethyl adjacent to an activating group) is 1. The van der Waals surface area contributed by atoms with Gasteiger partial charge in [-0.25, -0.2) is 0 Å². The number of hydrogen-bond acceptors (Lipinski definition) is 3. The summed E-state index contributed by atoms with van der Waals surface area (Å²) < 4.78 is 0. The van der Waals surface area contributed by atoms with Crippen LogP contribution < -0.4 is 10.6 Å². The van der Waals surface area contributed by atoms with Gasteiger partial charge in [0.15, 0.2) is 0 Å². The van der Waals surface area contributed by atoms with Gasteiger partial charge >= 0.3 is 0 Å². The molecule has 0 bridgehead atoms. The SMILES string of the molecule is CNC(=O)C1CNCCN1C(=O)C1(C)CCCC1. The molecule has 2 fully saturated rings. The first-order valence-corrected chi connectivity index (χ1v) is 6.82. The Kier molecular flexibility index (Phi) is 3.90. The second kappa shape index (κ2) is 5.26. The lowest BCUT2D eigenvalue weighted by atomic mass is 9.86. The highest BCUT2D eigenvalue weighted by Gasteiger charge is 2.43. The third kappa shape index (κ3) is 2.36. The van der Waals surface area contributed by atoms with E-state index in [0.717, 1.165) is 32.2 Å². The molecule has 0 radical (unpaired) electrons. The fraction of sp³-hybridized carbons (Fsp3) is 0.846. The lowest BCUT2D eigenvalue weighted by Gasteiger charge is -2.39. The molecule has 5 heteroatoms. The van der Waals surface area contributed by atoms with Gasteiger partial charge in [0, 0.05) is 32.1 Å². The van der Waals surface area contributed by atoms with Gasteiger partial charge in [0.1, 0.15) is 6.04 Å². The molecule has 1 saturated heterocycles. The van der Waals surface area contributed by atoms with Gasteiger partial charge in [-0.1, -0.05) is 19.8 Å². The van der Waals surface area contributed by atoms with Gasteiger partial charge < -0.3 is 15.5 Å². The summed E-state index contributed by atoms with van der Waals surface area (Å²) in [5.41, 5.74) is -0.246. The van der Waals surface area contributed by atoms with Crippen molar-refractivity contribution in [3.8, 4) is 0 Å². The van der Waals surface area contributed by atoms with Gasteiger partial charge in [-0.15, -0.1) is 0 Å². The maximum absolute atomic E-state index is 12.7. The quantitative estimate of drug-likeness (QED) is 0.734. The summed E-state index contributed by atoms with van der Waals surface area (Å²) in [6.07, 6.45) is 4.16. The van der Waals surface area contributed by atoms with Crippen LogP contribution in [0.3, 0.4) is 0 Å². The van der Waals surface area contributed by atoms with Crippen molar-refractivity contribution in [1.82, 2.24) is 15.5 Å². The van der Waals surface area contributed by atoms with Crippen molar-refractivity contribution in [1.29, 1.82) is 0 Å². The van der Waals surface area contributed by atoms with Crippen molar-refractivity contribution in [2.24, 2.45) is 5.41 Å². The average molecular weight is 253 g/mol. The molecule has 0 spiro atoms. The van der Waals surface area contributed by atoms with Crippen molar-refractivity contribution in [3.63, 3.8) is 0 Å². The van der Waals surface area contributed by atoms with Crippen LogP contribution in [-0.2, 0) is 9.59 Å². The van der Waals surface area contributed by atoms with E-state index in [1.807, 2.05) is 6.92 Å². The van der Waals surface area contributed by atoms with Crippen LogP contribution in [0.5, 0.6) is 0 Å². The smallest absolute Gasteiger partial charge is 0.243 e. The number of carbonyl (C=O) groups excluding carboxylic acids is 2. The lowest BCUT2D eigenvalue weighted by molar-refractivity contribution is -0.149. The van der Waals surface area contributed by atoms with Gasteiger partial charge in [-0.3, -0.25) is 9.59 Å². The number of nitrogens with one attached hydrogen (secondary N) is 2. The monoisotopic (exact) mass is 253 g/mol. The summed E-state index contributed by atoms with van der Waals surface area (Å²) in [4.78, 5) is 26.3. The molecule has 2 aliphatic rings. The number of nitrogens with zero attached hydrogens (tertiary/aromatic N) is 1. The average Bonchev–Trinajstić information content (AvgIpc) is 2.85. The minimum Gasteiger partial charge on any atom is -0.357 e. The van der Waals surface area contributed by atoms with Crippen molar-refractivity contribution in [2.75, 3.05) is 26.7 Å². The minimum atomic E-state index is -0.353. The Morgan fingerprint density at radius 1 is 1.33 bits per heavy atom. The van der Waals surface area contributed by atoms with E-state index in [4.69, 9.17) is 0 Å². The molecule has 0 aromatic rings. The molecule has 1 unspecified atom stereocenters. The highest BCUT2D eigenvalue weighted by Crippen LogP contribution is 2.39. The molecule has 1 aliphatic heterocycles. The van der Waals surface area contributed by atoms with Crippen LogP contribution in [0, 0.1) is 5.41 Å². The van der Waals surface area contributed by atoms with E-state index in [2.05, 4.69) is 10.6 Å². The van der Waals surface area contributed by atoms with Crippen LogP contribution >= 0.6 is 0 Å². The van der Waals surface area contributed by atoms with Crippen LogP contribution in [0.25, 0.3) is 0 Å². The zero-order valence-corrected chi connectivity index (χ0v) is 11.3. The van der Waals surface area contributed by atoms with Crippen LogP contribution in [0.2, 0.25) is 0 Å². The Morgan fingerprint density at radius 2 is 2.00 bits per heavy atom. The summed E-state index contributed by atoms with van der Waals surface area (Å²) >= 11 is 0. The number of piperazine rings is 1. The van der Waals surface area contributed by atoms with Crippen LogP contribution in [0.4, 0.5) is 0 Å². The standard InChI is InChI=1S/C13H23N3O2/c1-13(5-3-4-6-13)12(18)16-8-7-15-9-10(16)11(17)14-2/h10,15H,3-9H2,1-2H3,(H,14,17). The maximum atomic E-state index is 12.7. The fourth-order valence-corrected chi connectivity index (χ4v) is 3.06. The molecule has 1 heterocycles. The van der Waals surface area contributed by atoms with Crippen molar-refractivity contribution in [2.45, 2.75) is 38.6 Å². The molecule has 1 saturated carbocycles. The third-order valence-electron chi connectivity index (χ3n) is 4.28. The van der Waals surface area contributed by atoms with E-state index in [1.54, 1.807) is 11.9 Å². The van der Waals surface area contributed by atoms with Gasteiger partial charge in [-0.2, -0.15) is 0 Å². The van der Waals surface area contributed by atoms with Crippen LogP contribution in [-0.4, -0.2) is 49.4 Å². The lowest BCUT2D eigenvalue weighted by Crippen LogP contribution is -2.61. The molecule has 1 aliphatic carbocycles. The fourth-order valence-electron chi connectivity index (χ4n) is 3.06. The number of carbonyl (C=O) groups is 2. The van der Waals surface area contributed by atoms with Crippen molar-refractivity contribution in [3.05, 3.63) is 0 Å². The molecule has 2 N–H and O–H groups in total. The van der Waals surface area contributed by atoms with E-state index >= 15 is 0 Å². The first-order valence-electron chi connectivity index (χ1n) is 6.82. The topological polar surface area (TPSA) is 61.4 Å². The molecule has 2 amide bonds. The van der Waals surface area contributed by atoms with Gasteiger partial charge in [0.25, 0.3) is 0 Å². The molecule has 2 rings (SSSR count). The Morgan fingerprint density at radius 3 is 2.61 bits per heavy atom. The maximum Gasteiger partial charge on any atom is 0.243 e. The second-order valence-electron chi connectivity index (χ2n) is 5.60. The molecular formula is C13H23N3O2. The molecule has 0 aromatic heterocycles. The van der Waals surface area contributed by atoms with E-state index in [0.29, 0.717) is 13.1 Å². The zero-order valence-electron chi connectivity index (χ0n) is 11.3. The van der Waals surface area contributed by atoms with Gasteiger partial charge in [0.05, 0.1) is 0 Å². The highest BCUT2D eigenvalue weighted by atomic mass is 16.2. The minimum absolute atomic E-state index is 0.0721. The van der Waals surface area contributed by atoms with E-state index in [-0.39, 0.29) is 23.3 Å². The van der Waals surface area contributed by atoms with E-state index in [9.17, 15) is 9.59 Å². The first-order chi connectivity index (χ1) is 8.58. The van der Waals surface area contributed by atoms with Crippen LogP contribution in [0.1, 0.15) is 32.6 Å². The molecule has 1 atom stereocenters. The number of rotatable bonds is 2. The van der Waals surface area contributed by atoms with Gasteiger partial charge in [-0.05, 0) is 12.8 Å². The van der Waals surface area contributed by atoms with Crippen molar-refractivity contribution < 1.29 is 9.59 Å². The summed E-state index contributed by atoms with van der Waals surface area (Å²) in [7, 11) is 1.62. The van der Waals surface area contributed by atoms with E-state index < -0.39 is 0 Å². The van der Waals surface area contributed by atoms with Crippen molar-refractivity contribution >= 4 is 11.8 Å². The summed E-state index contributed by atoms with van der Waals surface area (Å²) in [5.74, 6) is 0.0900. The third-order valence-corrected chi connectivity index (χ3v) is 4.28. The predicted octanol–water partition coefficient (Wildman–Crippen LogP) is 0.113. The Bertz CT molecular complexity index is 337. The summed E-state index contributed by atoms with van der Waals surface area (Å²) in [5, 5.41) is 5.83. The normalized spacial score (nSPS) is 27.0. The summed E-state index contributed by atoms with van der Waals surface area (Å²) in [6, 6.07) is -0.353. The summed E-state index contributed by atoms with van der Waals surface area (Å²) in [6.45, 7) is 4.01. The Hall–Kier alpha value is -1.10. The zero-order chi connectivity index (χ0) is 13.2. The molecule has 18 heavy (non-hydrogen) atoms. The molecule has 5 nitrogen and oxygen atoms in total. The highest BCUT2D eigenvalue weighted by molar-refractivity contribution is 5.90.